The fourth-order valence-corrected chi connectivity index (χ4v) is 2.97. The molecular weight excluding hydrogens is 385 g/mol. The van der Waals surface area contributed by atoms with E-state index in [1.165, 1.54) is 34.7 Å². The van der Waals surface area contributed by atoms with Gasteiger partial charge in [-0.15, -0.1) is 0 Å². The van der Waals surface area contributed by atoms with Crippen LogP contribution in [0.5, 0.6) is 5.75 Å². The lowest BCUT2D eigenvalue weighted by Gasteiger charge is -2.12. The van der Waals surface area contributed by atoms with Crippen molar-refractivity contribution in [1.29, 1.82) is 0 Å². The standard InChI is InChI=1S/C23H18FN3O3/c1-15-5-10-18(26-23(29)16-6-8-17(24)9-7-16)12-20(15)30-14-19-13-22(28)27-11-3-2-4-21(27)25-19/h2-13H,14H2,1H3,(H,26,29). The van der Waals surface area contributed by atoms with Crippen LogP contribution in [0.15, 0.2) is 77.7 Å². The van der Waals surface area contributed by atoms with Gasteiger partial charge in [-0.05, 0) is 55.0 Å². The molecule has 0 radical (unpaired) electrons. The molecule has 4 aromatic rings. The molecule has 0 unspecified atom stereocenters. The molecule has 1 N–H and O–H groups in total. The van der Waals surface area contributed by atoms with Crippen LogP contribution in [-0.4, -0.2) is 15.3 Å². The number of carbonyl (C=O) groups is 1. The number of aryl methyl sites for hydroxylation is 1. The molecule has 6 nitrogen and oxygen atoms in total. The Morgan fingerprint density at radius 2 is 1.90 bits per heavy atom. The van der Waals surface area contributed by atoms with Gasteiger partial charge < -0.3 is 10.1 Å². The van der Waals surface area contributed by atoms with Crippen LogP contribution in [0.3, 0.4) is 0 Å². The zero-order chi connectivity index (χ0) is 21.1. The first-order chi connectivity index (χ1) is 14.5. The molecule has 150 valence electrons. The number of pyridine rings is 1. The Labute approximate surface area is 171 Å². The number of fused-ring (bicyclic) bond motifs is 1. The SMILES string of the molecule is Cc1ccc(NC(=O)c2ccc(F)cc2)cc1OCc1cc(=O)n2ccccc2n1. The van der Waals surface area contributed by atoms with Gasteiger partial charge in [0.15, 0.2) is 0 Å². The summed E-state index contributed by atoms with van der Waals surface area (Å²) in [4.78, 5) is 29.0. The molecule has 0 saturated heterocycles. The summed E-state index contributed by atoms with van der Waals surface area (Å²) >= 11 is 0. The Balaban J connectivity index is 1.50. The number of halogens is 1. The molecule has 4 rings (SSSR count). The van der Waals surface area contributed by atoms with E-state index in [-0.39, 0.29) is 18.1 Å². The van der Waals surface area contributed by atoms with Crippen LogP contribution in [0.25, 0.3) is 5.65 Å². The molecule has 0 aliphatic rings. The third-order valence-electron chi connectivity index (χ3n) is 4.55. The third kappa shape index (κ3) is 4.20. The van der Waals surface area contributed by atoms with E-state index in [0.29, 0.717) is 28.3 Å². The number of nitrogens with one attached hydrogen (secondary N) is 1. The summed E-state index contributed by atoms with van der Waals surface area (Å²) in [5, 5.41) is 2.77. The monoisotopic (exact) mass is 403 g/mol. The Bertz CT molecular complexity index is 1280. The molecule has 0 saturated carbocycles. The summed E-state index contributed by atoms with van der Waals surface area (Å²) < 4.78 is 20.4. The zero-order valence-electron chi connectivity index (χ0n) is 16.1. The van der Waals surface area contributed by atoms with Crippen molar-refractivity contribution >= 4 is 17.2 Å². The lowest BCUT2D eigenvalue weighted by Crippen LogP contribution is -2.16. The minimum Gasteiger partial charge on any atom is -0.487 e. The molecule has 0 spiro atoms. The number of hydrogen-bond donors (Lipinski definition) is 1. The summed E-state index contributed by atoms with van der Waals surface area (Å²) in [7, 11) is 0. The number of rotatable bonds is 5. The summed E-state index contributed by atoms with van der Waals surface area (Å²) in [6.07, 6.45) is 1.66. The second kappa shape index (κ2) is 8.16. The van der Waals surface area contributed by atoms with E-state index in [1.54, 1.807) is 30.5 Å². The summed E-state index contributed by atoms with van der Waals surface area (Å²) in [6, 6.07) is 17.3. The van der Waals surface area contributed by atoms with Crippen LogP contribution < -0.4 is 15.6 Å². The molecular formula is C23H18FN3O3. The average Bonchev–Trinajstić information content (AvgIpc) is 2.74. The summed E-state index contributed by atoms with van der Waals surface area (Å²) in [5.41, 5.74) is 2.62. The van der Waals surface area contributed by atoms with E-state index in [2.05, 4.69) is 10.3 Å². The van der Waals surface area contributed by atoms with Crippen LogP contribution in [-0.2, 0) is 6.61 Å². The Hall–Kier alpha value is -4.00. The Kier molecular flexibility index (Phi) is 5.26. The maximum Gasteiger partial charge on any atom is 0.258 e. The number of benzene rings is 2. The van der Waals surface area contributed by atoms with E-state index >= 15 is 0 Å². The van der Waals surface area contributed by atoms with E-state index in [4.69, 9.17) is 4.74 Å². The van der Waals surface area contributed by atoms with Crippen molar-refractivity contribution < 1.29 is 13.9 Å². The van der Waals surface area contributed by atoms with E-state index in [1.807, 2.05) is 19.1 Å². The number of amides is 1. The number of aromatic nitrogens is 2. The number of carbonyl (C=O) groups excluding carboxylic acids is 1. The maximum absolute atomic E-state index is 13.0. The van der Waals surface area contributed by atoms with Crippen LogP contribution >= 0.6 is 0 Å². The molecule has 1 amide bonds. The third-order valence-corrected chi connectivity index (χ3v) is 4.55. The van der Waals surface area contributed by atoms with Gasteiger partial charge >= 0.3 is 0 Å². The molecule has 30 heavy (non-hydrogen) atoms. The highest BCUT2D eigenvalue weighted by atomic mass is 19.1. The van der Waals surface area contributed by atoms with Crippen LogP contribution in [0.1, 0.15) is 21.6 Å². The minimum atomic E-state index is -0.403. The van der Waals surface area contributed by atoms with E-state index in [0.717, 1.165) is 5.56 Å². The molecule has 0 atom stereocenters. The topological polar surface area (TPSA) is 72.7 Å². The van der Waals surface area contributed by atoms with E-state index in [9.17, 15) is 14.0 Å². The molecule has 0 aliphatic heterocycles. The second-order valence-electron chi connectivity index (χ2n) is 6.74. The van der Waals surface area contributed by atoms with Crippen LogP contribution in [0.2, 0.25) is 0 Å². The zero-order valence-corrected chi connectivity index (χ0v) is 16.1. The average molecular weight is 403 g/mol. The predicted molar refractivity (Wildman–Crippen MR) is 111 cm³/mol. The highest BCUT2D eigenvalue weighted by Gasteiger charge is 2.09. The molecule has 2 aromatic heterocycles. The van der Waals surface area contributed by atoms with E-state index < -0.39 is 5.82 Å². The molecule has 0 aliphatic carbocycles. The fraction of sp³-hybridized carbons (Fsp3) is 0.0870. The maximum atomic E-state index is 13.0. The fourth-order valence-electron chi connectivity index (χ4n) is 2.97. The lowest BCUT2D eigenvalue weighted by molar-refractivity contribution is 0.102. The number of anilines is 1. The molecule has 2 aromatic carbocycles. The van der Waals surface area contributed by atoms with Crippen LogP contribution in [0.4, 0.5) is 10.1 Å². The number of nitrogens with zero attached hydrogens (tertiary/aromatic N) is 2. The number of hydrogen-bond acceptors (Lipinski definition) is 4. The van der Waals surface area contributed by atoms with Gasteiger partial charge in [0.2, 0.25) is 0 Å². The quantitative estimate of drug-likeness (QED) is 0.547. The second-order valence-corrected chi connectivity index (χ2v) is 6.74. The van der Waals surface area contributed by atoms with Crippen molar-refractivity contribution in [1.82, 2.24) is 9.38 Å². The van der Waals surface area contributed by atoms with Gasteiger partial charge in [0.05, 0.1) is 5.69 Å². The van der Waals surface area contributed by atoms with Gasteiger partial charge in [0.25, 0.3) is 11.5 Å². The first kappa shape index (κ1) is 19.3. The predicted octanol–water partition coefficient (Wildman–Crippen LogP) is 3.97. The first-order valence-corrected chi connectivity index (χ1v) is 9.27. The first-order valence-electron chi connectivity index (χ1n) is 9.27. The Morgan fingerprint density at radius 1 is 1.10 bits per heavy atom. The highest BCUT2D eigenvalue weighted by Crippen LogP contribution is 2.24. The molecule has 2 heterocycles. The van der Waals surface area contributed by atoms with Crippen molar-refractivity contribution in [2.45, 2.75) is 13.5 Å². The smallest absolute Gasteiger partial charge is 0.258 e. The normalized spacial score (nSPS) is 10.7. The van der Waals surface area contributed by atoms with Gasteiger partial charge in [-0.1, -0.05) is 12.1 Å². The number of ether oxygens (including phenoxy) is 1. The lowest BCUT2D eigenvalue weighted by atomic mass is 10.1. The van der Waals surface area contributed by atoms with Crippen molar-refractivity contribution in [2.75, 3.05) is 5.32 Å². The highest BCUT2D eigenvalue weighted by molar-refractivity contribution is 6.04. The van der Waals surface area contributed by atoms with Crippen molar-refractivity contribution in [3.63, 3.8) is 0 Å². The van der Waals surface area contributed by atoms with Gasteiger partial charge in [-0.25, -0.2) is 9.37 Å². The largest absolute Gasteiger partial charge is 0.487 e. The van der Waals surface area contributed by atoms with Crippen molar-refractivity contribution in [2.24, 2.45) is 0 Å². The van der Waals surface area contributed by atoms with Gasteiger partial charge in [-0.3, -0.25) is 14.0 Å². The Morgan fingerprint density at radius 3 is 2.70 bits per heavy atom. The van der Waals surface area contributed by atoms with Crippen LogP contribution in [0, 0.1) is 12.7 Å². The van der Waals surface area contributed by atoms with Gasteiger partial charge in [0.1, 0.15) is 23.8 Å². The van der Waals surface area contributed by atoms with Crippen molar-refractivity contribution in [3.05, 3.63) is 106 Å². The molecule has 0 fully saturated rings. The summed E-state index contributed by atoms with van der Waals surface area (Å²) in [5.74, 6) is -0.199. The summed E-state index contributed by atoms with van der Waals surface area (Å²) in [6.45, 7) is 1.99. The van der Waals surface area contributed by atoms with Crippen molar-refractivity contribution in [3.8, 4) is 5.75 Å². The van der Waals surface area contributed by atoms with Gasteiger partial charge in [-0.2, -0.15) is 0 Å². The minimum absolute atomic E-state index is 0.108. The van der Waals surface area contributed by atoms with Gasteiger partial charge in [0, 0.05) is 29.6 Å². The molecule has 0 bridgehead atoms. The molecule has 7 heteroatoms.